The van der Waals surface area contributed by atoms with E-state index in [9.17, 15) is 8.78 Å². The molecule has 2 saturated heterocycles. The maximum Gasteiger partial charge on any atom is 0.152 e. The van der Waals surface area contributed by atoms with E-state index in [0.717, 1.165) is 26.1 Å². The van der Waals surface area contributed by atoms with Gasteiger partial charge in [-0.3, -0.25) is 4.90 Å². The van der Waals surface area contributed by atoms with Gasteiger partial charge in [0.2, 0.25) is 0 Å². The van der Waals surface area contributed by atoms with Crippen LogP contribution >= 0.6 is 0 Å². The van der Waals surface area contributed by atoms with E-state index in [-0.39, 0.29) is 11.7 Å². The lowest BCUT2D eigenvalue weighted by Gasteiger charge is -2.43. The molecule has 2 nitrogen and oxygen atoms in total. The van der Waals surface area contributed by atoms with Crippen LogP contribution in [0.4, 0.5) is 14.5 Å². The molecule has 1 aromatic rings. The van der Waals surface area contributed by atoms with Gasteiger partial charge in [-0.05, 0) is 44.9 Å². The third kappa shape index (κ3) is 2.12. The zero-order chi connectivity index (χ0) is 13.6. The number of hydrogen-bond donors (Lipinski definition) is 0. The van der Waals surface area contributed by atoms with Gasteiger partial charge in [-0.25, -0.2) is 8.78 Å². The van der Waals surface area contributed by atoms with Gasteiger partial charge in [0.25, 0.3) is 0 Å². The first-order chi connectivity index (χ1) is 9.08. The van der Waals surface area contributed by atoms with Crippen LogP contribution in [-0.2, 0) is 0 Å². The topological polar surface area (TPSA) is 6.48 Å². The molecular formula is C15H20F2N2. The van der Waals surface area contributed by atoms with E-state index in [0.29, 0.717) is 11.6 Å². The van der Waals surface area contributed by atoms with Crippen LogP contribution in [0.5, 0.6) is 0 Å². The summed E-state index contributed by atoms with van der Waals surface area (Å²) in [5, 5.41) is 0. The second-order valence-electron chi connectivity index (χ2n) is 5.82. The number of fused-ring (bicyclic) bond motifs is 1. The monoisotopic (exact) mass is 266 g/mol. The average molecular weight is 266 g/mol. The molecule has 0 amide bonds. The molecule has 0 N–H and O–H groups in total. The summed E-state index contributed by atoms with van der Waals surface area (Å²) >= 11 is 0. The fourth-order valence-corrected chi connectivity index (χ4v) is 3.40. The minimum Gasteiger partial charge on any atom is -0.361 e. The Morgan fingerprint density at radius 3 is 2.79 bits per heavy atom. The third-order valence-corrected chi connectivity index (χ3v) is 4.48. The zero-order valence-electron chi connectivity index (χ0n) is 11.5. The highest BCUT2D eigenvalue weighted by molar-refractivity contribution is 5.53. The Bertz CT molecular complexity index is 489. The summed E-state index contributed by atoms with van der Waals surface area (Å²) in [6.45, 7) is 6.50. The number of anilines is 1. The van der Waals surface area contributed by atoms with Gasteiger partial charge in [0, 0.05) is 25.2 Å². The quantitative estimate of drug-likeness (QED) is 0.771. The van der Waals surface area contributed by atoms with Crippen molar-refractivity contribution in [2.24, 2.45) is 0 Å². The smallest absolute Gasteiger partial charge is 0.152 e. The molecule has 0 radical (unpaired) electrons. The van der Waals surface area contributed by atoms with Crippen LogP contribution in [0.1, 0.15) is 25.3 Å². The van der Waals surface area contributed by atoms with Crippen molar-refractivity contribution in [2.75, 3.05) is 24.5 Å². The molecule has 3 rings (SSSR count). The molecule has 0 spiro atoms. The zero-order valence-corrected chi connectivity index (χ0v) is 11.5. The maximum absolute atomic E-state index is 14.3. The fourth-order valence-electron chi connectivity index (χ4n) is 3.40. The van der Waals surface area contributed by atoms with Crippen molar-refractivity contribution >= 4 is 5.69 Å². The van der Waals surface area contributed by atoms with Crippen LogP contribution in [0.3, 0.4) is 0 Å². The van der Waals surface area contributed by atoms with Crippen LogP contribution in [0.2, 0.25) is 0 Å². The molecule has 0 aliphatic carbocycles. The Kier molecular flexibility index (Phi) is 3.21. The first-order valence-electron chi connectivity index (χ1n) is 7.03. The van der Waals surface area contributed by atoms with Crippen LogP contribution in [0, 0.1) is 18.6 Å². The summed E-state index contributed by atoms with van der Waals surface area (Å²) in [7, 11) is 0. The maximum atomic E-state index is 14.3. The second kappa shape index (κ2) is 4.75. The van der Waals surface area contributed by atoms with Crippen molar-refractivity contribution < 1.29 is 8.78 Å². The van der Waals surface area contributed by atoms with Gasteiger partial charge in [-0.2, -0.15) is 0 Å². The number of rotatable bonds is 1. The van der Waals surface area contributed by atoms with Crippen molar-refractivity contribution in [2.45, 2.75) is 38.8 Å². The van der Waals surface area contributed by atoms with Gasteiger partial charge < -0.3 is 4.90 Å². The number of benzene rings is 1. The first-order valence-corrected chi connectivity index (χ1v) is 7.03. The highest BCUT2D eigenvalue weighted by Gasteiger charge is 2.36. The molecule has 1 aromatic carbocycles. The summed E-state index contributed by atoms with van der Waals surface area (Å²) in [5.41, 5.74) is 0.677. The van der Waals surface area contributed by atoms with Gasteiger partial charge in [0.15, 0.2) is 5.82 Å². The molecule has 4 heteroatoms. The van der Waals surface area contributed by atoms with Crippen molar-refractivity contribution in [3.63, 3.8) is 0 Å². The largest absolute Gasteiger partial charge is 0.361 e. The lowest BCUT2D eigenvalue weighted by molar-refractivity contribution is 0.201. The van der Waals surface area contributed by atoms with Crippen LogP contribution in [-0.4, -0.2) is 36.6 Å². The van der Waals surface area contributed by atoms with Crippen LogP contribution in [0.15, 0.2) is 12.1 Å². The number of nitrogens with zero attached hydrogens (tertiary/aromatic N) is 2. The van der Waals surface area contributed by atoms with Crippen molar-refractivity contribution in [3.05, 3.63) is 29.3 Å². The third-order valence-electron chi connectivity index (χ3n) is 4.48. The Morgan fingerprint density at radius 1 is 1.21 bits per heavy atom. The Morgan fingerprint density at radius 2 is 2.00 bits per heavy atom. The molecule has 2 heterocycles. The molecule has 2 aliphatic heterocycles. The van der Waals surface area contributed by atoms with Gasteiger partial charge in [-0.1, -0.05) is 6.07 Å². The molecule has 19 heavy (non-hydrogen) atoms. The van der Waals surface area contributed by atoms with E-state index < -0.39 is 11.6 Å². The second-order valence-corrected chi connectivity index (χ2v) is 5.82. The molecule has 0 bridgehead atoms. The normalized spacial score (nSPS) is 27.7. The first kappa shape index (κ1) is 12.9. The molecule has 0 aromatic heterocycles. The fraction of sp³-hybridized carbons (Fsp3) is 0.600. The summed E-state index contributed by atoms with van der Waals surface area (Å²) in [4.78, 5) is 4.37. The predicted molar refractivity (Wildman–Crippen MR) is 72.5 cm³/mol. The minimum atomic E-state index is -0.443. The van der Waals surface area contributed by atoms with Gasteiger partial charge in [0.1, 0.15) is 11.5 Å². The molecule has 0 saturated carbocycles. The summed E-state index contributed by atoms with van der Waals surface area (Å²) < 4.78 is 28.3. The van der Waals surface area contributed by atoms with Crippen molar-refractivity contribution in [3.8, 4) is 0 Å². The van der Waals surface area contributed by atoms with E-state index in [1.807, 2.05) is 4.90 Å². The Labute approximate surface area is 113 Å². The van der Waals surface area contributed by atoms with Crippen molar-refractivity contribution in [1.29, 1.82) is 0 Å². The van der Waals surface area contributed by atoms with E-state index >= 15 is 0 Å². The number of piperazine rings is 1. The number of hydrogen-bond acceptors (Lipinski definition) is 2. The standard InChI is InChI=1S/C15H20F2N2/c1-10-5-6-13(16)15(14(10)17)19-9-12-4-3-7-18(12)8-11(19)2/h5-6,11-12H,3-4,7-9H2,1-2H3. The molecular weight excluding hydrogens is 246 g/mol. The summed E-state index contributed by atoms with van der Waals surface area (Å²) in [5.74, 6) is -0.848. The predicted octanol–water partition coefficient (Wildman–Crippen LogP) is 2.95. The van der Waals surface area contributed by atoms with E-state index in [1.165, 1.54) is 18.6 Å². The molecule has 2 unspecified atom stereocenters. The molecule has 2 aliphatic rings. The van der Waals surface area contributed by atoms with E-state index in [2.05, 4.69) is 11.8 Å². The lowest BCUT2D eigenvalue weighted by atomic mass is 10.1. The minimum absolute atomic E-state index is 0.153. The van der Waals surface area contributed by atoms with Gasteiger partial charge in [-0.15, -0.1) is 0 Å². The van der Waals surface area contributed by atoms with Crippen LogP contribution < -0.4 is 4.90 Å². The van der Waals surface area contributed by atoms with Crippen LogP contribution in [0.25, 0.3) is 0 Å². The SMILES string of the molecule is Cc1ccc(F)c(N2CC3CCCN3CC2C)c1F. The van der Waals surface area contributed by atoms with Crippen molar-refractivity contribution in [1.82, 2.24) is 4.90 Å². The molecule has 2 fully saturated rings. The van der Waals surface area contributed by atoms with Gasteiger partial charge in [0.05, 0.1) is 0 Å². The summed E-state index contributed by atoms with van der Waals surface area (Å²) in [6.07, 6.45) is 2.34. The highest BCUT2D eigenvalue weighted by atomic mass is 19.1. The molecule has 104 valence electrons. The van der Waals surface area contributed by atoms with E-state index in [4.69, 9.17) is 0 Å². The Balaban J connectivity index is 1.95. The molecule has 2 atom stereocenters. The number of halogens is 2. The van der Waals surface area contributed by atoms with E-state index in [1.54, 1.807) is 6.92 Å². The summed E-state index contributed by atoms with van der Waals surface area (Å²) in [6, 6.07) is 3.49. The highest BCUT2D eigenvalue weighted by Crippen LogP contribution is 2.32. The number of aryl methyl sites for hydroxylation is 1. The van der Waals surface area contributed by atoms with Gasteiger partial charge >= 0.3 is 0 Å². The Hall–Kier alpha value is -1.16. The average Bonchev–Trinajstić information content (AvgIpc) is 2.81. The lowest BCUT2D eigenvalue weighted by Crippen LogP contribution is -2.55.